The first-order chi connectivity index (χ1) is 18.4. The lowest BCUT2D eigenvalue weighted by Crippen LogP contribution is -2.30. The second kappa shape index (κ2) is 12.7. The number of aromatic nitrogens is 2. The van der Waals surface area contributed by atoms with Crippen molar-refractivity contribution in [2.75, 3.05) is 17.2 Å². The summed E-state index contributed by atoms with van der Waals surface area (Å²) in [6.45, 7) is 1.54. The number of amides is 1. The highest BCUT2D eigenvalue weighted by atomic mass is 35.5. The van der Waals surface area contributed by atoms with Crippen LogP contribution in [0.1, 0.15) is 18.1 Å². The van der Waals surface area contributed by atoms with Gasteiger partial charge in [0.2, 0.25) is 5.91 Å². The number of benzene rings is 3. The van der Waals surface area contributed by atoms with Crippen molar-refractivity contribution in [1.29, 1.82) is 0 Å². The molecule has 9 heteroatoms. The fourth-order valence-electron chi connectivity index (χ4n) is 3.91. The van der Waals surface area contributed by atoms with Gasteiger partial charge >= 0.3 is 5.97 Å². The van der Waals surface area contributed by atoms with Crippen molar-refractivity contribution >= 4 is 35.0 Å². The molecule has 0 spiro atoms. The van der Waals surface area contributed by atoms with Gasteiger partial charge in [-0.1, -0.05) is 84.4 Å². The molecule has 0 saturated carbocycles. The first-order valence-electron chi connectivity index (χ1n) is 12.1. The molecule has 194 valence electrons. The van der Waals surface area contributed by atoms with Crippen molar-refractivity contribution in [1.82, 2.24) is 9.55 Å². The second-order valence-corrected chi connectivity index (χ2v) is 8.92. The van der Waals surface area contributed by atoms with E-state index in [1.165, 1.54) is 11.5 Å². The summed E-state index contributed by atoms with van der Waals surface area (Å²) in [5.74, 6) is -0.817. The summed E-state index contributed by atoms with van der Waals surface area (Å²) in [6, 6.07) is 25.9. The van der Waals surface area contributed by atoms with Crippen LogP contribution in [-0.4, -0.2) is 28.0 Å². The van der Waals surface area contributed by atoms with Gasteiger partial charge in [0.15, 0.2) is 11.0 Å². The Balaban J connectivity index is 1.64. The maximum atomic E-state index is 13.5. The van der Waals surface area contributed by atoms with Crippen LogP contribution in [0.5, 0.6) is 0 Å². The minimum atomic E-state index is -0.604. The van der Waals surface area contributed by atoms with E-state index < -0.39 is 11.5 Å². The number of anilines is 2. The molecule has 1 heterocycles. The molecule has 0 bridgehead atoms. The number of rotatable bonds is 10. The molecule has 1 amide bonds. The Hall–Kier alpha value is -4.43. The quantitative estimate of drug-likeness (QED) is 0.282. The minimum Gasteiger partial charge on any atom is -0.459 e. The van der Waals surface area contributed by atoms with E-state index in [4.69, 9.17) is 16.3 Å². The van der Waals surface area contributed by atoms with Crippen molar-refractivity contribution in [3.63, 3.8) is 0 Å². The van der Waals surface area contributed by atoms with E-state index in [1.807, 2.05) is 60.7 Å². The van der Waals surface area contributed by atoms with Gasteiger partial charge in [0, 0.05) is 24.7 Å². The third-order valence-electron chi connectivity index (χ3n) is 5.66. The Kier molecular flexibility index (Phi) is 8.89. The van der Waals surface area contributed by atoms with Gasteiger partial charge in [0.1, 0.15) is 13.2 Å². The van der Waals surface area contributed by atoms with Crippen LogP contribution in [0, 0.1) is 0 Å². The number of esters is 1. The van der Waals surface area contributed by atoms with Gasteiger partial charge in [-0.25, -0.2) is 4.98 Å². The molecule has 0 fully saturated rings. The summed E-state index contributed by atoms with van der Waals surface area (Å²) in [6.07, 6.45) is 0.666. The zero-order chi connectivity index (χ0) is 26.9. The van der Waals surface area contributed by atoms with Crippen molar-refractivity contribution in [2.24, 2.45) is 0 Å². The van der Waals surface area contributed by atoms with E-state index >= 15 is 0 Å². The predicted molar refractivity (Wildman–Crippen MR) is 148 cm³/mol. The van der Waals surface area contributed by atoms with E-state index in [2.05, 4.69) is 15.6 Å². The summed E-state index contributed by atoms with van der Waals surface area (Å²) < 4.78 is 6.68. The lowest BCUT2D eigenvalue weighted by atomic mass is 10.1. The van der Waals surface area contributed by atoms with E-state index in [1.54, 1.807) is 24.3 Å². The van der Waals surface area contributed by atoms with Gasteiger partial charge in [-0.3, -0.25) is 19.0 Å². The van der Waals surface area contributed by atoms with Crippen LogP contribution < -0.4 is 16.2 Å². The van der Waals surface area contributed by atoms with Crippen LogP contribution in [0.4, 0.5) is 11.5 Å². The molecule has 0 aliphatic heterocycles. The topological polar surface area (TPSA) is 102 Å². The van der Waals surface area contributed by atoms with Crippen molar-refractivity contribution in [2.45, 2.75) is 26.5 Å². The van der Waals surface area contributed by atoms with E-state index in [0.29, 0.717) is 24.2 Å². The number of carbonyl (C=O) groups is 2. The van der Waals surface area contributed by atoms with Crippen LogP contribution in [0.3, 0.4) is 0 Å². The number of nitrogens with one attached hydrogen (secondary N) is 2. The summed E-state index contributed by atoms with van der Waals surface area (Å²) in [5.41, 5.74) is 2.68. The minimum absolute atomic E-state index is 0.0302. The third-order valence-corrected chi connectivity index (χ3v) is 5.92. The highest BCUT2D eigenvalue weighted by molar-refractivity contribution is 6.32. The molecule has 0 unspecified atom stereocenters. The van der Waals surface area contributed by atoms with Gasteiger partial charge in [-0.2, -0.15) is 0 Å². The van der Waals surface area contributed by atoms with Crippen LogP contribution in [0.15, 0.2) is 89.7 Å². The fourth-order valence-corrected chi connectivity index (χ4v) is 4.21. The standard InChI is InChI=1S/C29H27ClN4O4/c1-20(35)32-24-14-8-13-23(17-24)26-27(30)33-28(31-16-15-21-9-4-2-5-10-21)29(37)34(26)18-25(36)38-19-22-11-6-3-7-12-22/h2-14,17H,15-16,18-19H2,1H3,(H,31,33)(H,32,35). The molecule has 4 aromatic rings. The molecule has 38 heavy (non-hydrogen) atoms. The molecule has 8 nitrogen and oxygen atoms in total. The van der Waals surface area contributed by atoms with Gasteiger partial charge < -0.3 is 15.4 Å². The zero-order valence-corrected chi connectivity index (χ0v) is 21.6. The smallest absolute Gasteiger partial charge is 0.326 e. The Morgan fingerprint density at radius 2 is 1.63 bits per heavy atom. The number of ether oxygens (including phenoxy) is 1. The molecule has 0 aliphatic rings. The SMILES string of the molecule is CC(=O)Nc1cccc(-c2c(Cl)nc(NCCc3ccccc3)c(=O)n2CC(=O)OCc2ccccc2)c1. The average Bonchev–Trinajstić information content (AvgIpc) is 2.91. The summed E-state index contributed by atoms with van der Waals surface area (Å²) in [4.78, 5) is 42.2. The summed E-state index contributed by atoms with van der Waals surface area (Å²) in [5, 5.41) is 5.79. The lowest BCUT2D eigenvalue weighted by Gasteiger charge is -2.17. The molecule has 0 saturated heterocycles. The first kappa shape index (κ1) is 26.6. The number of nitrogens with zero attached hydrogens (tertiary/aromatic N) is 2. The van der Waals surface area contributed by atoms with Crippen LogP contribution in [-0.2, 0) is 33.9 Å². The van der Waals surface area contributed by atoms with Crippen LogP contribution >= 0.6 is 11.6 Å². The highest BCUT2D eigenvalue weighted by Gasteiger charge is 2.20. The van der Waals surface area contributed by atoms with Gasteiger partial charge in [-0.05, 0) is 29.7 Å². The molecule has 0 radical (unpaired) electrons. The lowest BCUT2D eigenvalue weighted by molar-refractivity contribution is -0.145. The average molecular weight is 531 g/mol. The Morgan fingerprint density at radius 3 is 2.32 bits per heavy atom. The zero-order valence-electron chi connectivity index (χ0n) is 20.8. The van der Waals surface area contributed by atoms with E-state index in [0.717, 1.165) is 11.1 Å². The van der Waals surface area contributed by atoms with Gasteiger partial charge in [0.25, 0.3) is 5.56 Å². The molecule has 0 aliphatic carbocycles. The predicted octanol–water partition coefficient (Wildman–Crippen LogP) is 4.92. The first-order valence-corrected chi connectivity index (χ1v) is 12.4. The molecule has 1 aromatic heterocycles. The van der Waals surface area contributed by atoms with Crippen LogP contribution in [0.25, 0.3) is 11.3 Å². The van der Waals surface area contributed by atoms with Gasteiger partial charge in [-0.15, -0.1) is 0 Å². The second-order valence-electron chi connectivity index (χ2n) is 8.56. The van der Waals surface area contributed by atoms with Crippen LogP contribution in [0.2, 0.25) is 5.15 Å². The summed E-state index contributed by atoms with van der Waals surface area (Å²) >= 11 is 6.60. The number of halogens is 1. The van der Waals surface area contributed by atoms with Crippen molar-refractivity contribution in [3.05, 3.63) is 112 Å². The Labute approximate surface area is 225 Å². The number of carbonyl (C=O) groups excluding carboxylic acids is 2. The number of hydrogen-bond donors (Lipinski definition) is 2. The number of hydrogen-bond acceptors (Lipinski definition) is 6. The largest absolute Gasteiger partial charge is 0.459 e. The molecule has 3 aromatic carbocycles. The molecule has 4 rings (SSSR count). The fraction of sp³-hybridized carbons (Fsp3) is 0.172. The molecular weight excluding hydrogens is 504 g/mol. The van der Waals surface area contributed by atoms with E-state index in [-0.39, 0.29) is 35.7 Å². The maximum Gasteiger partial charge on any atom is 0.326 e. The van der Waals surface area contributed by atoms with Crippen molar-refractivity contribution < 1.29 is 14.3 Å². The monoisotopic (exact) mass is 530 g/mol. The third kappa shape index (κ3) is 7.08. The Bertz CT molecular complexity index is 1470. The van der Waals surface area contributed by atoms with Gasteiger partial charge in [0.05, 0.1) is 5.69 Å². The maximum absolute atomic E-state index is 13.5. The highest BCUT2D eigenvalue weighted by Crippen LogP contribution is 2.28. The Morgan fingerprint density at radius 1 is 0.947 bits per heavy atom. The molecule has 0 atom stereocenters. The summed E-state index contributed by atoms with van der Waals surface area (Å²) in [7, 11) is 0. The van der Waals surface area contributed by atoms with E-state index in [9.17, 15) is 14.4 Å². The molecule has 2 N–H and O–H groups in total. The molecular formula is C29H27ClN4O4. The normalized spacial score (nSPS) is 10.6. The van der Waals surface area contributed by atoms with Crippen molar-refractivity contribution in [3.8, 4) is 11.3 Å².